The Morgan fingerprint density at radius 2 is 1.65 bits per heavy atom. The van der Waals surface area contributed by atoms with E-state index in [4.69, 9.17) is 9.47 Å². The predicted octanol–water partition coefficient (Wildman–Crippen LogP) is 2.17. The van der Waals surface area contributed by atoms with Crippen LogP contribution in [0.3, 0.4) is 0 Å². The first-order chi connectivity index (χ1) is 8.10. The van der Waals surface area contributed by atoms with E-state index in [2.05, 4.69) is 0 Å². The molecule has 0 N–H and O–H groups in total. The van der Waals surface area contributed by atoms with E-state index >= 15 is 0 Å². The summed E-state index contributed by atoms with van der Waals surface area (Å²) >= 11 is 0. The predicted molar refractivity (Wildman–Crippen MR) is 63.3 cm³/mol. The van der Waals surface area contributed by atoms with E-state index in [1.54, 1.807) is 13.8 Å². The quantitative estimate of drug-likeness (QED) is 0.709. The van der Waals surface area contributed by atoms with Crippen molar-refractivity contribution in [1.29, 1.82) is 0 Å². The average molecular weight is 242 g/mol. The van der Waals surface area contributed by atoms with Crippen molar-refractivity contribution in [2.75, 3.05) is 13.2 Å². The van der Waals surface area contributed by atoms with Crippen LogP contribution in [-0.2, 0) is 19.1 Å². The van der Waals surface area contributed by atoms with Crippen molar-refractivity contribution in [2.24, 2.45) is 17.8 Å². The maximum absolute atomic E-state index is 11.8. The summed E-state index contributed by atoms with van der Waals surface area (Å²) in [5.41, 5.74) is 0. The Hall–Kier alpha value is -1.06. The lowest BCUT2D eigenvalue weighted by atomic mass is 9.75. The monoisotopic (exact) mass is 242 g/mol. The van der Waals surface area contributed by atoms with Crippen LogP contribution in [0.15, 0.2) is 0 Å². The van der Waals surface area contributed by atoms with Gasteiger partial charge in [0.25, 0.3) is 0 Å². The molecule has 4 nitrogen and oxygen atoms in total. The highest BCUT2D eigenvalue weighted by Crippen LogP contribution is 2.35. The maximum Gasteiger partial charge on any atom is 0.309 e. The Morgan fingerprint density at radius 3 is 2.24 bits per heavy atom. The normalized spacial score (nSPS) is 28.5. The van der Waals surface area contributed by atoms with Crippen molar-refractivity contribution in [3.63, 3.8) is 0 Å². The fourth-order valence-corrected chi connectivity index (χ4v) is 2.37. The zero-order valence-corrected chi connectivity index (χ0v) is 10.9. The third kappa shape index (κ3) is 3.72. The van der Waals surface area contributed by atoms with Crippen LogP contribution in [0, 0.1) is 17.8 Å². The van der Waals surface area contributed by atoms with Gasteiger partial charge < -0.3 is 9.47 Å². The minimum absolute atomic E-state index is 0.138. The van der Waals surface area contributed by atoms with Crippen LogP contribution in [0.1, 0.15) is 40.0 Å². The summed E-state index contributed by atoms with van der Waals surface area (Å²) in [5.74, 6) is -0.346. The van der Waals surface area contributed by atoms with Gasteiger partial charge in [0.05, 0.1) is 25.0 Å². The van der Waals surface area contributed by atoms with Crippen molar-refractivity contribution >= 4 is 11.9 Å². The number of ether oxygens (including phenoxy) is 2. The summed E-state index contributed by atoms with van der Waals surface area (Å²) in [6.07, 6.45) is 2.27. The minimum Gasteiger partial charge on any atom is -0.466 e. The van der Waals surface area contributed by atoms with Gasteiger partial charge in [0.1, 0.15) is 0 Å². The van der Waals surface area contributed by atoms with Gasteiger partial charge >= 0.3 is 11.9 Å². The second-order valence-corrected chi connectivity index (χ2v) is 4.60. The molecule has 0 bridgehead atoms. The summed E-state index contributed by atoms with van der Waals surface area (Å²) < 4.78 is 10.1. The van der Waals surface area contributed by atoms with Gasteiger partial charge in [-0.15, -0.1) is 0 Å². The minimum atomic E-state index is -0.173. The first kappa shape index (κ1) is 14.0. The van der Waals surface area contributed by atoms with E-state index in [1.165, 1.54) is 0 Å². The topological polar surface area (TPSA) is 52.6 Å². The number of carbonyl (C=O) groups is 2. The number of hydrogen-bond donors (Lipinski definition) is 0. The Kier molecular flexibility index (Phi) is 5.45. The van der Waals surface area contributed by atoms with Crippen molar-refractivity contribution in [1.82, 2.24) is 0 Å². The third-order valence-electron chi connectivity index (χ3n) is 3.41. The summed E-state index contributed by atoms with van der Waals surface area (Å²) in [4.78, 5) is 23.4. The van der Waals surface area contributed by atoms with E-state index in [1.807, 2.05) is 6.92 Å². The second-order valence-electron chi connectivity index (χ2n) is 4.60. The smallest absolute Gasteiger partial charge is 0.309 e. The summed E-state index contributed by atoms with van der Waals surface area (Å²) in [7, 11) is 0. The second kappa shape index (κ2) is 6.62. The number of esters is 2. The summed E-state index contributed by atoms with van der Waals surface area (Å²) in [6, 6.07) is 0. The first-order valence-electron chi connectivity index (χ1n) is 6.43. The molecule has 0 radical (unpaired) electrons. The van der Waals surface area contributed by atoms with Gasteiger partial charge in [-0.05, 0) is 39.0 Å². The Balaban J connectivity index is 2.58. The van der Waals surface area contributed by atoms with E-state index < -0.39 is 0 Å². The third-order valence-corrected chi connectivity index (χ3v) is 3.41. The molecule has 3 unspecified atom stereocenters. The highest BCUT2D eigenvalue weighted by Gasteiger charge is 2.37. The molecule has 1 fully saturated rings. The molecule has 1 aliphatic carbocycles. The van der Waals surface area contributed by atoms with Crippen molar-refractivity contribution in [3.8, 4) is 0 Å². The molecule has 1 saturated carbocycles. The molecule has 0 aromatic carbocycles. The van der Waals surface area contributed by atoms with Crippen LogP contribution in [0.25, 0.3) is 0 Å². The molecule has 98 valence electrons. The molecular formula is C13H22O4. The zero-order valence-electron chi connectivity index (χ0n) is 10.9. The van der Waals surface area contributed by atoms with Gasteiger partial charge in [0, 0.05) is 0 Å². The van der Waals surface area contributed by atoms with Gasteiger partial charge in [0.2, 0.25) is 0 Å². The number of rotatable bonds is 4. The van der Waals surface area contributed by atoms with Crippen LogP contribution in [0.4, 0.5) is 0 Å². The molecule has 3 atom stereocenters. The van der Waals surface area contributed by atoms with E-state index in [0.717, 1.165) is 12.8 Å². The lowest BCUT2D eigenvalue weighted by molar-refractivity contribution is -0.156. The van der Waals surface area contributed by atoms with Crippen LogP contribution < -0.4 is 0 Å². The van der Waals surface area contributed by atoms with Crippen molar-refractivity contribution in [2.45, 2.75) is 40.0 Å². The molecular weight excluding hydrogens is 220 g/mol. The standard InChI is InChI=1S/C13H22O4/c1-4-16-12(14)10-7-6-9(3)11(8-10)13(15)17-5-2/h9-11H,4-8H2,1-3H3. The molecule has 0 aromatic heterocycles. The van der Waals surface area contributed by atoms with Crippen LogP contribution in [0.5, 0.6) is 0 Å². The molecule has 1 rings (SSSR count). The Labute approximate surface area is 103 Å². The molecule has 0 aliphatic heterocycles. The highest BCUT2D eigenvalue weighted by atomic mass is 16.5. The van der Waals surface area contributed by atoms with E-state index in [0.29, 0.717) is 25.6 Å². The maximum atomic E-state index is 11.8. The van der Waals surface area contributed by atoms with Crippen molar-refractivity contribution < 1.29 is 19.1 Å². The largest absolute Gasteiger partial charge is 0.466 e. The van der Waals surface area contributed by atoms with E-state index in [9.17, 15) is 9.59 Å². The summed E-state index contributed by atoms with van der Waals surface area (Å²) in [6.45, 7) is 6.43. The molecule has 4 heteroatoms. The molecule has 0 heterocycles. The summed E-state index contributed by atoms with van der Waals surface area (Å²) in [5, 5.41) is 0. The van der Waals surface area contributed by atoms with E-state index in [-0.39, 0.29) is 23.8 Å². The number of carbonyl (C=O) groups excluding carboxylic acids is 2. The number of hydrogen-bond acceptors (Lipinski definition) is 4. The van der Waals surface area contributed by atoms with Gasteiger partial charge in [-0.3, -0.25) is 9.59 Å². The molecule has 0 amide bonds. The highest BCUT2D eigenvalue weighted by molar-refractivity contribution is 5.76. The zero-order chi connectivity index (χ0) is 12.8. The SMILES string of the molecule is CCOC(=O)C1CCC(C)C(C(=O)OCC)C1. The molecule has 1 aliphatic rings. The lowest BCUT2D eigenvalue weighted by Gasteiger charge is -2.31. The van der Waals surface area contributed by atoms with Gasteiger partial charge in [-0.1, -0.05) is 6.92 Å². The Morgan fingerprint density at radius 1 is 1.06 bits per heavy atom. The molecule has 0 spiro atoms. The van der Waals surface area contributed by atoms with Crippen LogP contribution in [-0.4, -0.2) is 25.2 Å². The fraction of sp³-hybridized carbons (Fsp3) is 0.846. The van der Waals surface area contributed by atoms with Crippen LogP contribution >= 0.6 is 0 Å². The first-order valence-corrected chi connectivity index (χ1v) is 6.43. The van der Waals surface area contributed by atoms with Crippen LogP contribution in [0.2, 0.25) is 0 Å². The van der Waals surface area contributed by atoms with Gasteiger partial charge in [0.15, 0.2) is 0 Å². The Bertz CT molecular complexity index is 275. The van der Waals surface area contributed by atoms with Gasteiger partial charge in [-0.2, -0.15) is 0 Å². The van der Waals surface area contributed by atoms with Crippen molar-refractivity contribution in [3.05, 3.63) is 0 Å². The lowest BCUT2D eigenvalue weighted by Crippen LogP contribution is -2.34. The molecule has 0 aromatic rings. The fourth-order valence-electron chi connectivity index (χ4n) is 2.37. The van der Waals surface area contributed by atoms with Gasteiger partial charge in [-0.25, -0.2) is 0 Å². The molecule has 17 heavy (non-hydrogen) atoms. The average Bonchev–Trinajstić information content (AvgIpc) is 2.30. The molecule has 0 saturated heterocycles.